The summed E-state index contributed by atoms with van der Waals surface area (Å²) in [4.78, 5) is 12.1. The summed E-state index contributed by atoms with van der Waals surface area (Å²) in [5, 5.41) is 13.8. The number of nitrogens with one attached hydrogen (secondary N) is 1. The molecule has 2 atom stereocenters. The molecular weight excluding hydrogens is 274 g/mol. The van der Waals surface area contributed by atoms with E-state index in [1.807, 2.05) is 0 Å². The average molecular weight is 309 g/mol. The van der Waals surface area contributed by atoms with Gasteiger partial charge in [0.15, 0.2) is 0 Å². The van der Waals surface area contributed by atoms with Gasteiger partial charge in [-0.3, -0.25) is 4.79 Å². The van der Waals surface area contributed by atoms with Crippen LogP contribution in [0.2, 0.25) is 0 Å². The van der Waals surface area contributed by atoms with Crippen LogP contribution in [0.4, 0.5) is 0 Å². The van der Waals surface area contributed by atoms with E-state index in [0.29, 0.717) is 12.3 Å². The highest BCUT2D eigenvalue weighted by atomic mass is 16.3. The molecule has 3 nitrogen and oxygen atoms in total. The van der Waals surface area contributed by atoms with Crippen LogP contribution in [0.1, 0.15) is 73.6 Å². The van der Waals surface area contributed by atoms with Gasteiger partial charge in [0.25, 0.3) is 0 Å². The van der Waals surface area contributed by atoms with E-state index in [1.165, 1.54) is 0 Å². The average Bonchev–Trinajstić information content (AvgIpc) is 2.40. The SMILES string of the molecule is CC(C)CCC(=O)N[C@H](C(C)C)C(O)C1=CCCC(C)(C)C1. The molecule has 1 amide bonds. The van der Waals surface area contributed by atoms with Gasteiger partial charge in [0.05, 0.1) is 12.1 Å². The van der Waals surface area contributed by atoms with Crippen LogP contribution in [0.3, 0.4) is 0 Å². The van der Waals surface area contributed by atoms with Crippen molar-refractivity contribution in [1.82, 2.24) is 5.32 Å². The molecular formula is C19H35NO2. The van der Waals surface area contributed by atoms with Crippen LogP contribution in [0, 0.1) is 17.3 Å². The molecule has 0 aromatic heterocycles. The molecule has 0 heterocycles. The Kier molecular flexibility index (Phi) is 7.11. The molecule has 1 rings (SSSR count). The Morgan fingerprint density at radius 3 is 2.45 bits per heavy atom. The fourth-order valence-electron chi connectivity index (χ4n) is 3.11. The molecule has 0 aromatic carbocycles. The molecule has 128 valence electrons. The first kappa shape index (κ1) is 19.2. The number of aliphatic hydroxyl groups is 1. The number of hydrogen-bond donors (Lipinski definition) is 2. The summed E-state index contributed by atoms with van der Waals surface area (Å²) < 4.78 is 0. The highest BCUT2D eigenvalue weighted by molar-refractivity contribution is 5.76. The molecule has 0 spiro atoms. The minimum atomic E-state index is -0.567. The summed E-state index contributed by atoms with van der Waals surface area (Å²) in [5.74, 6) is 0.793. The second kappa shape index (κ2) is 8.14. The summed E-state index contributed by atoms with van der Waals surface area (Å²) in [6.07, 6.45) is 6.13. The third kappa shape index (κ3) is 6.12. The lowest BCUT2D eigenvalue weighted by Gasteiger charge is -2.36. The van der Waals surface area contributed by atoms with Gasteiger partial charge in [-0.1, -0.05) is 47.6 Å². The van der Waals surface area contributed by atoms with Gasteiger partial charge in [-0.15, -0.1) is 0 Å². The van der Waals surface area contributed by atoms with Crippen molar-refractivity contribution in [3.8, 4) is 0 Å². The first-order valence-corrected chi connectivity index (χ1v) is 8.79. The van der Waals surface area contributed by atoms with Crippen molar-refractivity contribution >= 4 is 5.91 Å². The Morgan fingerprint density at radius 2 is 1.95 bits per heavy atom. The second-order valence-corrected chi connectivity index (χ2v) is 8.37. The number of carbonyl (C=O) groups is 1. The summed E-state index contributed by atoms with van der Waals surface area (Å²) >= 11 is 0. The fourth-order valence-corrected chi connectivity index (χ4v) is 3.11. The molecule has 0 bridgehead atoms. The molecule has 0 saturated carbocycles. The second-order valence-electron chi connectivity index (χ2n) is 8.37. The Labute approximate surface area is 136 Å². The van der Waals surface area contributed by atoms with E-state index < -0.39 is 6.10 Å². The first-order valence-electron chi connectivity index (χ1n) is 8.79. The van der Waals surface area contributed by atoms with Gasteiger partial charge < -0.3 is 10.4 Å². The molecule has 1 unspecified atom stereocenters. The first-order chi connectivity index (χ1) is 10.1. The van der Waals surface area contributed by atoms with Gasteiger partial charge in [-0.05, 0) is 48.5 Å². The van der Waals surface area contributed by atoms with Crippen LogP contribution < -0.4 is 5.32 Å². The topological polar surface area (TPSA) is 49.3 Å². The molecule has 3 heteroatoms. The Hall–Kier alpha value is -0.830. The van der Waals surface area contributed by atoms with Gasteiger partial charge in [0.1, 0.15) is 0 Å². The Morgan fingerprint density at radius 1 is 1.32 bits per heavy atom. The Balaban J connectivity index is 2.70. The fraction of sp³-hybridized carbons (Fsp3) is 0.842. The van der Waals surface area contributed by atoms with Crippen LogP contribution >= 0.6 is 0 Å². The zero-order valence-corrected chi connectivity index (χ0v) is 15.3. The van der Waals surface area contributed by atoms with E-state index in [4.69, 9.17) is 0 Å². The maximum Gasteiger partial charge on any atom is 0.220 e. The maximum absolute atomic E-state index is 12.1. The van der Waals surface area contributed by atoms with Crippen LogP contribution in [-0.2, 0) is 4.79 Å². The number of amides is 1. The summed E-state index contributed by atoms with van der Waals surface area (Å²) in [7, 11) is 0. The summed E-state index contributed by atoms with van der Waals surface area (Å²) in [5.41, 5.74) is 1.34. The van der Waals surface area contributed by atoms with E-state index >= 15 is 0 Å². The third-order valence-electron chi connectivity index (χ3n) is 4.63. The van der Waals surface area contributed by atoms with E-state index in [2.05, 4.69) is 52.9 Å². The zero-order chi connectivity index (χ0) is 16.9. The van der Waals surface area contributed by atoms with Gasteiger partial charge in [0, 0.05) is 6.42 Å². The number of carbonyl (C=O) groups excluding carboxylic acids is 1. The van der Waals surface area contributed by atoms with Crippen molar-refractivity contribution in [3.63, 3.8) is 0 Å². The van der Waals surface area contributed by atoms with E-state index in [9.17, 15) is 9.90 Å². The highest BCUT2D eigenvalue weighted by Gasteiger charge is 2.32. The molecule has 0 aromatic rings. The molecule has 22 heavy (non-hydrogen) atoms. The quantitative estimate of drug-likeness (QED) is 0.697. The van der Waals surface area contributed by atoms with Gasteiger partial charge in [0.2, 0.25) is 5.91 Å². The number of allylic oxidation sites excluding steroid dienone is 1. The molecule has 0 fully saturated rings. The molecule has 1 aliphatic rings. The third-order valence-corrected chi connectivity index (χ3v) is 4.63. The van der Waals surface area contributed by atoms with Crippen LogP contribution in [0.25, 0.3) is 0 Å². The highest BCUT2D eigenvalue weighted by Crippen LogP contribution is 2.37. The van der Waals surface area contributed by atoms with Gasteiger partial charge >= 0.3 is 0 Å². The van der Waals surface area contributed by atoms with Gasteiger partial charge in [-0.25, -0.2) is 0 Å². The van der Waals surface area contributed by atoms with Crippen molar-refractivity contribution in [2.45, 2.75) is 85.8 Å². The summed E-state index contributed by atoms with van der Waals surface area (Å²) in [6.45, 7) is 12.9. The number of rotatable bonds is 7. The van der Waals surface area contributed by atoms with E-state index in [-0.39, 0.29) is 23.3 Å². The minimum Gasteiger partial charge on any atom is -0.387 e. The maximum atomic E-state index is 12.1. The van der Waals surface area contributed by atoms with Crippen molar-refractivity contribution in [1.29, 1.82) is 0 Å². The van der Waals surface area contributed by atoms with Crippen LogP contribution in [-0.4, -0.2) is 23.2 Å². The predicted octanol–water partition coefficient (Wildman–Crippen LogP) is 4.06. The molecule has 0 radical (unpaired) electrons. The number of aliphatic hydroxyl groups excluding tert-OH is 1. The summed E-state index contributed by atoms with van der Waals surface area (Å²) in [6, 6.07) is -0.195. The van der Waals surface area contributed by atoms with Crippen LogP contribution in [0.15, 0.2) is 11.6 Å². The molecule has 0 aliphatic heterocycles. The normalized spacial score (nSPS) is 20.7. The largest absolute Gasteiger partial charge is 0.387 e. The van der Waals surface area contributed by atoms with E-state index in [1.54, 1.807) is 0 Å². The molecule has 1 aliphatic carbocycles. The predicted molar refractivity (Wildman–Crippen MR) is 92.6 cm³/mol. The lowest BCUT2D eigenvalue weighted by Crippen LogP contribution is -2.48. The Bertz CT molecular complexity index is 396. The van der Waals surface area contributed by atoms with Crippen molar-refractivity contribution in [2.24, 2.45) is 17.3 Å². The lowest BCUT2D eigenvalue weighted by molar-refractivity contribution is -0.123. The lowest BCUT2D eigenvalue weighted by atomic mass is 9.74. The van der Waals surface area contributed by atoms with Crippen molar-refractivity contribution in [3.05, 3.63) is 11.6 Å². The molecule has 2 N–H and O–H groups in total. The van der Waals surface area contributed by atoms with Crippen molar-refractivity contribution in [2.75, 3.05) is 0 Å². The smallest absolute Gasteiger partial charge is 0.220 e. The van der Waals surface area contributed by atoms with Crippen molar-refractivity contribution < 1.29 is 9.90 Å². The van der Waals surface area contributed by atoms with Gasteiger partial charge in [-0.2, -0.15) is 0 Å². The standard InChI is InChI=1S/C19H35NO2/c1-13(2)9-10-16(21)20-17(14(3)4)18(22)15-8-7-11-19(5,6)12-15/h8,13-14,17-18,22H,7,9-12H2,1-6H3,(H,20,21)/t17-,18?/m1/s1. The zero-order valence-electron chi connectivity index (χ0n) is 15.3. The van der Waals surface area contributed by atoms with E-state index in [0.717, 1.165) is 31.3 Å². The number of hydrogen-bond acceptors (Lipinski definition) is 2. The minimum absolute atomic E-state index is 0.0575. The monoisotopic (exact) mass is 309 g/mol. The molecule has 0 saturated heterocycles. The van der Waals surface area contributed by atoms with Crippen LogP contribution in [0.5, 0.6) is 0 Å².